The molecule has 3 rings (SSSR count). The van der Waals surface area contributed by atoms with Gasteiger partial charge in [0.2, 0.25) is 0 Å². The van der Waals surface area contributed by atoms with Crippen molar-refractivity contribution in [1.82, 2.24) is 14.7 Å². The third kappa shape index (κ3) is 1.63. The molecule has 5 heteroatoms. The number of rotatable bonds is 1. The van der Waals surface area contributed by atoms with Crippen molar-refractivity contribution in [2.24, 2.45) is 7.05 Å². The smallest absolute Gasteiger partial charge is 0.166 e. The van der Waals surface area contributed by atoms with E-state index in [1.165, 1.54) is 38.3 Å². The number of fused-ring (bicyclic) bond motifs is 1. The highest BCUT2D eigenvalue weighted by Gasteiger charge is 2.31. The molecule has 1 aromatic rings. The van der Waals surface area contributed by atoms with Crippen LogP contribution < -0.4 is 10.5 Å². The molecule has 2 aliphatic heterocycles. The van der Waals surface area contributed by atoms with Gasteiger partial charge in [0, 0.05) is 38.3 Å². The highest BCUT2D eigenvalue weighted by Crippen LogP contribution is 2.24. The first-order valence-electron chi connectivity index (χ1n) is 6.23. The van der Waals surface area contributed by atoms with Gasteiger partial charge < -0.3 is 4.90 Å². The molecule has 0 N–H and O–H groups in total. The van der Waals surface area contributed by atoms with E-state index < -0.39 is 0 Å². The monoisotopic (exact) mass is 218 g/mol. The minimum atomic E-state index is 0.781. The zero-order valence-corrected chi connectivity index (χ0v) is 10.2. The highest BCUT2D eigenvalue weighted by molar-refractivity contribution is 6.30. The molecule has 0 bridgehead atoms. The van der Waals surface area contributed by atoms with E-state index in [9.17, 15) is 0 Å². The zero-order valence-electron chi connectivity index (χ0n) is 10.2. The van der Waals surface area contributed by atoms with Crippen molar-refractivity contribution >= 4 is 19.3 Å². The first kappa shape index (κ1) is 10.2. The molecule has 2 saturated heterocycles. The Kier molecular flexibility index (Phi) is 2.43. The zero-order chi connectivity index (χ0) is 11.1. The largest absolute Gasteiger partial charge is 0.354 e. The SMILES string of the molecule is Bc1cc(N2CCN3CCCC3C2)n(C)n1. The summed E-state index contributed by atoms with van der Waals surface area (Å²) in [6.07, 6.45) is 2.75. The summed E-state index contributed by atoms with van der Waals surface area (Å²) in [5, 5.41) is 4.43. The summed E-state index contributed by atoms with van der Waals surface area (Å²) in [4.78, 5) is 5.13. The predicted octanol–water partition coefficient (Wildman–Crippen LogP) is -1.04. The van der Waals surface area contributed by atoms with Crippen LogP contribution in [-0.4, -0.2) is 54.7 Å². The Balaban J connectivity index is 1.78. The number of piperazine rings is 1. The Morgan fingerprint density at radius 2 is 2.25 bits per heavy atom. The number of aromatic nitrogens is 2. The van der Waals surface area contributed by atoms with Crippen LogP contribution in [0.15, 0.2) is 6.07 Å². The number of anilines is 1. The van der Waals surface area contributed by atoms with Gasteiger partial charge in [0.05, 0.1) is 0 Å². The van der Waals surface area contributed by atoms with Gasteiger partial charge in [-0.15, -0.1) is 0 Å². The molecule has 4 nitrogen and oxygen atoms in total. The topological polar surface area (TPSA) is 24.3 Å². The normalized spacial score (nSPS) is 26.1. The van der Waals surface area contributed by atoms with E-state index in [0.29, 0.717) is 0 Å². The average molecular weight is 218 g/mol. The van der Waals surface area contributed by atoms with Crippen molar-refractivity contribution < 1.29 is 0 Å². The molecular formula is C11H19BN4. The second-order valence-corrected chi connectivity index (χ2v) is 5.05. The molecule has 86 valence electrons. The molecule has 0 aromatic carbocycles. The Labute approximate surface area is 97.6 Å². The Morgan fingerprint density at radius 3 is 3.00 bits per heavy atom. The van der Waals surface area contributed by atoms with Crippen LogP contribution in [0, 0.1) is 0 Å². The standard InChI is InChI=1S/C11H19BN4/c1-14-11(7-10(12)13-14)16-6-5-15-4-2-3-9(15)8-16/h7,9H,2-6,8,12H2,1H3. The summed E-state index contributed by atoms with van der Waals surface area (Å²) in [7, 11) is 4.11. The minimum Gasteiger partial charge on any atom is -0.354 e. The predicted molar refractivity (Wildman–Crippen MR) is 68.2 cm³/mol. The molecule has 0 saturated carbocycles. The van der Waals surface area contributed by atoms with Gasteiger partial charge in [-0.2, -0.15) is 5.10 Å². The van der Waals surface area contributed by atoms with Gasteiger partial charge in [0.1, 0.15) is 5.82 Å². The Morgan fingerprint density at radius 1 is 1.38 bits per heavy atom. The molecule has 0 radical (unpaired) electrons. The van der Waals surface area contributed by atoms with E-state index in [1.54, 1.807) is 0 Å². The summed E-state index contributed by atoms with van der Waals surface area (Å²) in [5.74, 6) is 1.28. The Bertz CT molecular complexity index is 389. The first-order valence-corrected chi connectivity index (χ1v) is 6.23. The third-order valence-electron chi connectivity index (χ3n) is 3.89. The molecule has 0 aliphatic carbocycles. The van der Waals surface area contributed by atoms with Crippen LogP contribution in [0.5, 0.6) is 0 Å². The lowest BCUT2D eigenvalue weighted by Crippen LogP contribution is -2.50. The van der Waals surface area contributed by atoms with Crippen LogP contribution in [-0.2, 0) is 7.05 Å². The van der Waals surface area contributed by atoms with Crippen molar-refractivity contribution in [2.75, 3.05) is 31.1 Å². The molecule has 1 unspecified atom stereocenters. The van der Waals surface area contributed by atoms with Crippen molar-refractivity contribution in [3.63, 3.8) is 0 Å². The molecule has 0 spiro atoms. The van der Waals surface area contributed by atoms with Gasteiger partial charge in [0.15, 0.2) is 7.85 Å². The van der Waals surface area contributed by atoms with E-state index in [0.717, 1.165) is 18.2 Å². The van der Waals surface area contributed by atoms with Crippen molar-refractivity contribution in [1.29, 1.82) is 0 Å². The number of hydrogen-bond acceptors (Lipinski definition) is 3. The van der Waals surface area contributed by atoms with Crippen molar-refractivity contribution in [3.8, 4) is 0 Å². The fraction of sp³-hybridized carbons (Fsp3) is 0.727. The van der Waals surface area contributed by atoms with E-state index in [4.69, 9.17) is 0 Å². The summed E-state index contributed by atoms with van der Waals surface area (Å²) < 4.78 is 2.01. The number of aryl methyl sites for hydroxylation is 1. The van der Waals surface area contributed by atoms with Gasteiger partial charge in [-0.3, -0.25) is 9.58 Å². The highest BCUT2D eigenvalue weighted by atomic mass is 15.4. The quantitative estimate of drug-likeness (QED) is 0.563. The molecule has 3 heterocycles. The molecule has 16 heavy (non-hydrogen) atoms. The molecule has 1 atom stereocenters. The van der Waals surface area contributed by atoms with Gasteiger partial charge in [-0.05, 0) is 25.5 Å². The summed E-state index contributed by atoms with van der Waals surface area (Å²) in [5.41, 5.74) is 1.12. The van der Waals surface area contributed by atoms with Crippen LogP contribution in [0.2, 0.25) is 0 Å². The van der Waals surface area contributed by atoms with Crippen LogP contribution in [0.25, 0.3) is 0 Å². The van der Waals surface area contributed by atoms with E-state index in [2.05, 4.69) is 28.8 Å². The van der Waals surface area contributed by atoms with E-state index >= 15 is 0 Å². The average Bonchev–Trinajstić information content (AvgIpc) is 2.83. The summed E-state index contributed by atoms with van der Waals surface area (Å²) in [6.45, 7) is 4.85. The van der Waals surface area contributed by atoms with Gasteiger partial charge in [0.25, 0.3) is 0 Å². The fourth-order valence-corrected chi connectivity index (χ4v) is 3.09. The van der Waals surface area contributed by atoms with Gasteiger partial charge >= 0.3 is 0 Å². The number of nitrogens with zero attached hydrogens (tertiary/aromatic N) is 4. The van der Waals surface area contributed by atoms with Gasteiger partial charge in [-0.25, -0.2) is 0 Å². The molecule has 0 amide bonds. The lowest BCUT2D eigenvalue weighted by atomic mass is 10.1. The first-order chi connectivity index (χ1) is 7.74. The van der Waals surface area contributed by atoms with Crippen LogP contribution >= 0.6 is 0 Å². The lowest BCUT2D eigenvalue weighted by Gasteiger charge is -2.38. The minimum absolute atomic E-state index is 0.781. The Hall–Kier alpha value is -0.965. The van der Waals surface area contributed by atoms with E-state index in [1.807, 2.05) is 11.7 Å². The second kappa shape index (κ2) is 3.80. The third-order valence-corrected chi connectivity index (χ3v) is 3.89. The van der Waals surface area contributed by atoms with Crippen LogP contribution in [0.1, 0.15) is 12.8 Å². The van der Waals surface area contributed by atoms with Crippen molar-refractivity contribution in [3.05, 3.63) is 6.07 Å². The number of hydrogen-bond donors (Lipinski definition) is 0. The van der Waals surface area contributed by atoms with E-state index in [-0.39, 0.29) is 0 Å². The summed E-state index contributed by atoms with van der Waals surface area (Å²) in [6, 6.07) is 2.98. The fourth-order valence-electron chi connectivity index (χ4n) is 3.09. The molecule has 1 aromatic heterocycles. The van der Waals surface area contributed by atoms with Crippen LogP contribution in [0.3, 0.4) is 0 Å². The van der Waals surface area contributed by atoms with Gasteiger partial charge in [-0.1, -0.05) is 0 Å². The molecular weight excluding hydrogens is 199 g/mol. The maximum absolute atomic E-state index is 4.43. The maximum Gasteiger partial charge on any atom is 0.166 e. The molecule has 2 fully saturated rings. The van der Waals surface area contributed by atoms with Crippen LogP contribution in [0.4, 0.5) is 5.82 Å². The van der Waals surface area contributed by atoms with Crippen molar-refractivity contribution in [2.45, 2.75) is 18.9 Å². The second-order valence-electron chi connectivity index (χ2n) is 5.05. The summed E-state index contributed by atoms with van der Waals surface area (Å²) >= 11 is 0. The maximum atomic E-state index is 4.43. The lowest BCUT2D eigenvalue weighted by molar-refractivity contribution is 0.229. The molecule has 2 aliphatic rings.